The Balaban J connectivity index is 1.20. The van der Waals surface area contributed by atoms with Crippen molar-refractivity contribution in [2.24, 2.45) is 5.92 Å². The fraction of sp³-hybridized carbons (Fsp3) is 0.444. The second kappa shape index (κ2) is 11.7. The van der Waals surface area contributed by atoms with Gasteiger partial charge in [0, 0.05) is 38.2 Å². The van der Waals surface area contributed by atoms with Crippen LogP contribution in [0, 0.1) is 5.92 Å². The number of nitrogens with one attached hydrogen (secondary N) is 2. The summed E-state index contributed by atoms with van der Waals surface area (Å²) in [6.07, 6.45) is -1.40. The van der Waals surface area contributed by atoms with Crippen molar-refractivity contribution in [3.8, 4) is 5.75 Å². The van der Waals surface area contributed by atoms with Crippen molar-refractivity contribution >= 4 is 23.4 Å². The molecule has 0 aromatic heterocycles. The average molecular weight is 518 g/mol. The number of ether oxygens (including phenoxy) is 1. The molecule has 1 unspecified atom stereocenters. The molecule has 0 saturated carbocycles. The normalized spacial score (nSPS) is 18.7. The number of alkyl halides is 3. The average Bonchev–Trinajstić information content (AvgIpc) is 2.88. The molecule has 2 N–H and O–H groups in total. The van der Waals surface area contributed by atoms with Crippen LogP contribution in [0.3, 0.4) is 0 Å². The number of aryl methyl sites for hydroxylation is 1. The van der Waals surface area contributed by atoms with Crippen LogP contribution in [0.4, 0.5) is 18.9 Å². The van der Waals surface area contributed by atoms with Crippen molar-refractivity contribution in [2.45, 2.75) is 50.8 Å². The number of nitrogens with zero attached hydrogens (tertiary/aromatic N) is 1. The number of carbonyl (C=O) groups excluding carboxylic acids is 3. The number of hydrogen-bond donors (Lipinski definition) is 2. The highest BCUT2D eigenvalue weighted by Crippen LogP contribution is 2.30. The van der Waals surface area contributed by atoms with Gasteiger partial charge in [0.2, 0.25) is 17.7 Å². The van der Waals surface area contributed by atoms with E-state index in [-0.39, 0.29) is 35.8 Å². The fourth-order valence-corrected chi connectivity index (χ4v) is 4.81. The lowest BCUT2D eigenvalue weighted by Crippen LogP contribution is -2.47. The number of rotatable bonds is 7. The molecule has 2 fully saturated rings. The molecule has 37 heavy (non-hydrogen) atoms. The van der Waals surface area contributed by atoms with Gasteiger partial charge in [-0.1, -0.05) is 24.3 Å². The molecule has 2 aromatic carbocycles. The number of halogens is 3. The Morgan fingerprint density at radius 1 is 1.00 bits per heavy atom. The summed E-state index contributed by atoms with van der Waals surface area (Å²) in [4.78, 5) is 38.3. The minimum absolute atomic E-state index is 0.00976. The summed E-state index contributed by atoms with van der Waals surface area (Å²) in [7, 11) is 0. The number of carbonyl (C=O) groups is 3. The van der Waals surface area contributed by atoms with Crippen molar-refractivity contribution in [1.29, 1.82) is 0 Å². The van der Waals surface area contributed by atoms with Crippen LogP contribution >= 0.6 is 0 Å². The third kappa shape index (κ3) is 7.71. The smallest absolute Gasteiger partial charge is 0.406 e. The summed E-state index contributed by atoms with van der Waals surface area (Å²) in [6.45, 7) is 1.81. The topological polar surface area (TPSA) is 87.7 Å². The van der Waals surface area contributed by atoms with Gasteiger partial charge in [-0.2, -0.15) is 0 Å². The number of amides is 3. The zero-order valence-electron chi connectivity index (χ0n) is 20.4. The molecule has 0 bridgehead atoms. The van der Waals surface area contributed by atoms with E-state index < -0.39 is 6.36 Å². The lowest BCUT2D eigenvalue weighted by molar-refractivity contribution is -0.274. The first-order valence-electron chi connectivity index (χ1n) is 12.5. The third-order valence-corrected chi connectivity index (χ3v) is 6.88. The highest BCUT2D eigenvalue weighted by molar-refractivity contribution is 5.90. The Bertz CT molecular complexity index is 1090. The molecule has 10 heteroatoms. The molecule has 198 valence electrons. The summed E-state index contributed by atoms with van der Waals surface area (Å²) in [5, 5.41) is 5.63. The first-order chi connectivity index (χ1) is 17.7. The van der Waals surface area contributed by atoms with E-state index in [2.05, 4.69) is 15.4 Å². The van der Waals surface area contributed by atoms with Gasteiger partial charge in [0.25, 0.3) is 0 Å². The zero-order valence-corrected chi connectivity index (χ0v) is 20.4. The van der Waals surface area contributed by atoms with Crippen LogP contribution < -0.4 is 15.4 Å². The first-order valence-corrected chi connectivity index (χ1v) is 12.5. The molecular formula is C27H30F3N3O4. The SMILES string of the molecule is O=C1CCC(C(=O)N2CCC(c3ccc(NC(=O)CCc4ccc(OC(F)(F)F)cc4)cc3)CC2)CN1. The van der Waals surface area contributed by atoms with E-state index in [1.807, 2.05) is 29.2 Å². The summed E-state index contributed by atoms with van der Waals surface area (Å²) >= 11 is 0. The molecule has 0 aliphatic carbocycles. The summed E-state index contributed by atoms with van der Waals surface area (Å²) in [5.41, 5.74) is 2.57. The molecule has 0 radical (unpaired) electrons. The first kappa shape index (κ1) is 26.5. The second-order valence-electron chi connectivity index (χ2n) is 9.50. The van der Waals surface area contributed by atoms with Crippen LogP contribution in [-0.2, 0) is 20.8 Å². The number of anilines is 1. The van der Waals surface area contributed by atoms with Crippen molar-refractivity contribution in [1.82, 2.24) is 10.2 Å². The molecule has 0 spiro atoms. The van der Waals surface area contributed by atoms with Crippen LogP contribution in [0.2, 0.25) is 0 Å². The van der Waals surface area contributed by atoms with Crippen LogP contribution in [0.15, 0.2) is 48.5 Å². The van der Waals surface area contributed by atoms with Gasteiger partial charge in [-0.25, -0.2) is 0 Å². The largest absolute Gasteiger partial charge is 0.573 e. The molecule has 4 rings (SSSR count). The van der Waals surface area contributed by atoms with E-state index in [1.165, 1.54) is 24.3 Å². The molecule has 1 atom stereocenters. The van der Waals surface area contributed by atoms with E-state index in [4.69, 9.17) is 0 Å². The third-order valence-electron chi connectivity index (χ3n) is 6.88. The Kier molecular flexibility index (Phi) is 8.35. The summed E-state index contributed by atoms with van der Waals surface area (Å²) < 4.78 is 40.6. The summed E-state index contributed by atoms with van der Waals surface area (Å²) in [5.74, 6) is -0.131. The number of likely N-dealkylation sites (tertiary alicyclic amines) is 1. The van der Waals surface area contributed by atoms with Crippen LogP contribution in [0.1, 0.15) is 49.1 Å². The van der Waals surface area contributed by atoms with E-state index in [0.717, 1.165) is 24.0 Å². The minimum Gasteiger partial charge on any atom is -0.406 e. The van der Waals surface area contributed by atoms with Gasteiger partial charge in [-0.05, 0) is 67.0 Å². The van der Waals surface area contributed by atoms with Crippen molar-refractivity contribution in [2.75, 3.05) is 25.0 Å². The van der Waals surface area contributed by atoms with Gasteiger partial charge in [0.05, 0.1) is 5.92 Å². The van der Waals surface area contributed by atoms with E-state index >= 15 is 0 Å². The van der Waals surface area contributed by atoms with E-state index in [9.17, 15) is 27.6 Å². The summed E-state index contributed by atoms with van der Waals surface area (Å²) in [6, 6.07) is 13.2. The van der Waals surface area contributed by atoms with Crippen LogP contribution in [0.5, 0.6) is 5.75 Å². The van der Waals surface area contributed by atoms with Crippen LogP contribution in [0.25, 0.3) is 0 Å². The van der Waals surface area contributed by atoms with Crippen LogP contribution in [-0.4, -0.2) is 48.6 Å². The second-order valence-corrected chi connectivity index (χ2v) is 9.50. The van der Waals surface area contributed by atoms with Crippen molar-refractivity contribution < 1.29 is 32.3 Å². The molecule has 2 aliphatic rings. The molecule has 2 aliphatic heterocycles. The Morgan fingerprint density at radius 2 is 1.68 bits per heavy atom. The predicted molar refractivity (Wildman–Crippen MR) is 131 cm³/mol. The standard InChI is InChI=1S/C27H30F3N3O4/c28-27(29,30)37-23-9-1-18(2-10-23)3-11-25(35)32-22-7-4-19(5-8-22)20-13-15-33(16-14-20)26(36)21-6-12-24(34)31-17-21/h1-2,4-5,7-10,20-21H,3,6,11-17H2,(H,31,34)(H,32,35). The monoisotopic (exact) mass is 517 g/mol. The maximum Gasteiger partial charge on any atom is 0.573 e. The maximum absolute atomic E-state index is 12.7. The minimum atomic E-state index is -4.73. The van der Waals surface area contributed by atoms with Crippen molar-refractivity contribution in [3.05, 3.63) is 59.7 Å². The van der Waals surface area contributed by atoms with Gasteiger partial charge >= 0.3 is 6.36 Å². The number of hydrogen-bond acceptors (Lipinski definition) is 4. The Labute approximate surface area is 213 Å². The Hall–Kier alpha value is -3.56. The molecule has 2 heterocycles. The Morgan fingerprint density at radius 3 is 2.27 bits per heavy atom. The molecular weight excluding hydrogens is 487 g/mol. The predicted octanol–water partition coefficient (Wildman–Crippen LogP) is 4.39. The molecule has 3 amide bonds. The number of benzene rings is 2. The fourth-order valence-electron chi connectivity index (χ4n) is 4.81. The highest BCUT2D eigenvalue weighted by atomic mass is 19.4. The van der Waals surface area contributed by atoms with Gasteiger partial charge in [0.15, 0.2) is 0 Å². The van der Waals surface area contributed by atoms with Gasteiger partial charge in [-0.3, -0.25) is 14.4 Å². The van der Waals surface area contributed by atoms with Gasteiger partial charge < -0.3 is 20.3 Å². The highest BCUT2D eigenvalue weighted by Gasteiger charge is 2.32. The lowest BCUT2D eigenvalue weighted by Gasteiger charge is -2.35. The van der Waals surface area contributed by atoms with Gasteiger partial charge in [0.1, 0.15) is 5.75 Å². The lowest BCUT2D eigenvalue weighted by atomic mass is 9.88. The number of piperidine rings is 2. The maximum atomic E-state index is 12.7. The van der Waals surface area contributed by atoms with E-state index in [1.54, 1.807) is 0 Å². The zero-order chi connectivity index (χ0) is 26.4. The van der Waals surface area contributed by atoms with E-state index in [0.29, 0.717) is 50.5 Å². The van der Waals surface area contributed by atoms with Crippen molar-refractivity contribution in [3.63, 3.8) is 0 Å². The molecule has 2 aromatic rings. The quantitative estimate of drug-likeness (QED) is 0.571. The molecule has 2 saturated heterocycles. The molecule has 7 nitrogen and oxygen atoms in total. The van der Waals surface area contributed by atoms with Gasteiger partial charge in [-0.15, -0.1) is 13.2 Å².